The molecule has 4 nitrogen and oxygen atoms in total. The van der Waals surface area contributed by atoms with E-state index in [1.807, 2.05) is 31.2 Å². The van der Waals surface area contributed by atoms with Crippen molar-refractivity contribution in [2.24, 2.45) is 5.73 Å². The van der Waals surface area contributed by atoms with Crippen LogP contribution < -0.4 is 10.5 Å². The molecule has 0 spiro atoms. The van der Waals surface area contributed by atoms with Gasteiger partial charge in [-0.1, -0.05) is 19.1 Å². The van der Waals surface area contributed by atoms with Gasteiger partial charge in [0.15, 0.2) is 6.61 Å². The van der Waals surface area contributed by atoms with Crippen LogP contribution in [0.25, 0.3) is 0 Å². The molecule has 0 fully saturated rings. The Hall–Kier alpha value is -1.55. The maximum Gasteiger partial charge on any atom is 0.259 e. The predicted molar refractivity (Wildman–Crippen MR) is 67.9 cm³/mol. The highest BCUT2D eigenvalue weighted by Gasteiger charge is 2.06. The first-order chi connectivity index (χ1) is 8.04. The highest BCUT2D eigenvalue weighted by atomic mass is 16.5. The van der Waals surface area contributed by atoms with Gasteiger partial charge >= 0.3 is 0 Å². The summed E-state index contributed by atoms with van der Waals surface area (Å²) in [6.45, 7) is 2.11. The van der Waals surface area contributed by atoms with Gasteiger partial charge in [-0.25, -0.2) is 0 Å². The van der Waals surface area contributed by atoms with Crippen molar-refractivity contribution in [2.45, 2.75) is 19.4 Å². The lowest BCUT2D eigenvalue weighted by Crippen LogP contribution is -2.27. The molecule has 0 heterocycles. The lowest BCUT2D eigenvalue weighted by Gasteiger charge is -2.12. The molecule has 4 heteroatoms. The Balaban J connectivity index is 2.54. The van der Waals surface area contributed by atoms with Gasteiger partial charge < -0.3 is 15.4 Å². The van der Waals surface area contributed by atoms with Gasteiger partial charge in [0.05, 0.1) is 0 Å². The molecule has 1 aromatic carbocycles. The van der Waals surface area contributed by atoms with E-state index < -0.39 is 0 Å². The molecular weight excluding hydrogens is 216 g/mol. The predicted octanol–water partition coefficient (Wildman–Crippen LogP) is 1.56. The zero-order valence-electron chi connectivity index (χ0n) is 10.6. The number of hydrogen-bond acceptors (Lipinski definition) is 3. The lowest BCUT2D eigenvalue weighted by molar-refractivity contribution is -0.130. The number of ether oxygens (including phenoxy) is 1. The fourth-order valence-corrected chi connectivity index (χ4v) is 1.32. The monoisotopic (exact) mass is 236 g/mol. The molecule has 0 aliphatic heterocycles. The molecule has 0 radical (unpaired) electrons. The maximum atomic E-state index is 11.3. The largest absolute Gasteiger partial charge is 0.484 e. The van der Waals surface area contributed by atoms with Gasteiger partial charge in [-0.15, -0.1) is 0 Å². The van der Waals surface area contributed by atoms with Crippen LogP contribution in [0.15, 0.2) is 24.3 Å². The summed E-state index contributed by atoms with van der Waals surface area (Å²) in [5.41, 5.74) is 6.99. The second kappa shape index (κ2) is 6.25. The number of amides is 1. The molecule has 0 saturated heterocycles. The van der Waals surface area contributed by atoms with Crippen LogP contribution >= 0.6 is 0 Å². The van der Waals surface area contributed by atoms with Crippen molar-refractivity contribution >= 4 is 5.91 Å². The number of benzene rings is 1. The molecule has 17 heavy (non-hydrogen) atoms. The quantitative estimate of drug-likeness (QED) is 0.844. The maximum absolute atomic E-state index is 11.3. The van der Waals surface area contributed by atoms with Crippen LogP contribution in [0.3, 0.4) is 0 Å². The molecule has 2 N–H and O–H groups in total. The summed E-state index contributed by atoms with van der Waals surface area (Å²) in [7, 11) is 3.41. The smallest absolute Gasteiger partial charge is 0.259 e. The number of carbonyl (C=O) groups excluding carboxylic acids is 1. The van der Waals surface area contributed by atoms with Crippen LogP contribution in [0.5, 0.6) is 5.75 Å². The van der Waals surface area contributed by atoms with E-state index in [4.69, 9.17) is 10.5 Å². The van der Waals surface area contributed by atoms with Crippen molar-refractivity contribution < 1.29 is 9.53 Å². The van der Waals surface area contributed by atoms with E-state index in [-0.39, 0.29) is 18.6 Å². The molecule has 0 saturated carbocycles. The minimum atomic E-state index is -0.0562. The summed E-state index contributed by atoms with van der Waals surface area (Å²) < 4.78 is 5.37. The van der Waals surface area contributed by atoms with Gasteiger partial charge in [-0.05, 0) is 24.1 Å². The van der Waals surface area contributed by atoms with Crippen molar-refractivity contribution in [1.29, 1.82) is 0 Å². The minimum Gasteiger partial charge on any atom is -0.484 e. The van der Waals surface area contributed by atoms with E-state index in [1.165, 1.54) is 4.90 Å². The van der Waals surface area contributed by atoms with Crippen LogP contribution in [0, 0.1) is 0 Å². The molecule has 94 valence electrons. The zero-order valence-corrected chi connectivity index (χ0v) is 10.6. The number of nitrogens with zero attached hydrogens (tertiary/aromatic N) is 1. The third-order valence-electron chi connectivity index (χ3n) is 2.61. The first-order valence-electron chi connectivity index (χ1n) is 5.73. The summed E-state index contributed by atoms with van der Waals surface area (Å²) >= 11 is 0. The van der Waals surface area contributed by atoms with Crippen molar-refractivity contribution in [2.75, 3.05) is 20.7 Å². The fraction of sp³-hybridized carbons (Fsp3) is 0.462. The molecule has 0 aliphatic rings. The number of hydrogen-bond donors (Lipinski definition) is 1. The average molecular weight is 236 g/mol. The Labute approximate surface area is 102 Å². The molecule has 0 bridgehead atoms. The molecule has 1 atom stereocenters. The van der Waals surface area contributed by atoms with Gasteiger partial charge in [-0.3, -0.25) is 4.79 Å². The minimum absolute atomic E-state index is 0.0562. The Kier molecular flexibility index (Phi) is 4.97. The Bertz CT molecular complexity index is 360. The molecule has 0 aromatic heterocycles. The van der Waals surface area contributed by atoms with Gasteiger partial charge in [0.25, 0.3) is 5.91 Å². The van der Waals surface area contributed by atoms with Gasteiger partial charge in [0, 0.05) is 20.1 Å². The highest BCUT2D eigenvalue weighted by molar-refractivity contribution is 5.77. The first kappa shape index (κ1) is 13.5. The fourth-order valence-electron chi connectivity index (χ4n) is 1.32. The zero-order chi connectivity index (χ0) is 12.8. The van der Waals surface area contributed by atoms with E-state index in [0.29, 0.717) is 5.75 Å². The third-order valence-corrected chi connectivity index (χ3v) is 2.61. The lowest BCUT2D eigenvalue weighted by atomic mass is 10.1. The highest BCUT2D eigenvalue weighted by Crippen LogP contribution is 2.18. The van der Waals surface area contributed by atoms with E-state index in [0.717, 1.165) is 12.0 Å². The number of carbonyl (C=O) groups is 1. The molecule has 1 rings (SSSR count). The third kappa shape index (κ3) is 4.07. The molecule has 1 unspecified atom stereocenters. The van der Waals surface area contributed by atoms with Crippen LogP contribution in [-0.2, 0) is 4.79 Å². The van der Waals surface area contributed by atoms with Crippen molar-refractivity contribution in [3.05, 3.63) is 29.8 Å². The van der Waals surface area contributed by atoms with Gasteiger partial charge in [0.2, 0.25) is 0 Å². The van der Waals surface area contributed by atoms with E-state index >= 15 is 0 Å². The van der Waals surface area contributed by atoms with Crippen LogP contribution in [-0.4, -0.2) is 31.5 Å². The Morgan fingerprint density at radius 3 is 2.41 bits per heavy atom. The van der Waals surface area contributed by atoms with Crippen molar-refractivity contribution in [3.63, 3.8) is 0 Å². The first-order valence-corrected chi connectivity index (χ1v) is 5.73. The van der Waals surface area contributed by atoms with Crippen LogP contribution in [0.1, 0.15) is 24.9 Å². The second-order valence-corrected chi connectivity index (χ2v) is 4.16. The molecular formula is C13H20N2O2. The number of nitrogens with two attached hydrogens (primary N) is 1. The topological polar surface area (TPSA) is 55.6 Å². The summed E-state index contributed by atoms with van der Waals surface area (Å²) in [6, 6.07) is 7.61. The SMILES string of the molecule is CCC(N)c1ccc(OCC(=O)N(C)C)cc1. The van der Waals surface area contributed by atoms with Gasteiger partial charge in [-0.2, -0.15) is 0 Å². The van der Waals surface area contributed by atoms with Crippen LogP contribution in [0.4, 0.5) is 0 Å². The van der Waals surface area contributed by atoms with Crippen LogP contribution in [0.2, 0.25) is 0 Å². The van der Waals surface area contributed by atoms with E-state index in [9.17, 15) is 4.79 Å². The molecule has 1 amide bonds. The summed E-state index contributed by atoms with van der Waals surface area (Å²) in [5, 5.41) is 0. The van der Waals surface area contributed by atoms with E-state index in [1.54, 1.807) is 14.1 Å². The summed E-state index contributed by atoms with van der Waals surface area (Å²) in [5.74, 6) is 0.631. The van der Waals surface area contributed by atoms with Crippen molar-refractivity contribution in [1.82, 2.24) is 4.90 Å². The Morgan fingerprint density at radius 1 is 1.35 bits per heavy atom. The number of rotatable bonds is 5. The second-order valence-electron chi connectivity index (χ2n) is 4.16. The normalized spacial score (nSPS) is 12.0. The molecule has 1 aromatic rings. The van der Waals surface area contributed by atoms with E-state index in [2.05, 4.69) is 0 Å². The van der Waals surface area contributed by atoms with Crippen molar-refractivity contribution in [3.8, 4) is 5.75 Å². The average Bonchev–Trinajstić information content (AvgIpc) is 2.35. The summed E-state index contributed by atoms with van der Waals surface area (Å²) in [6.07, 6.45) is 0.902. The standard InChI is InChI=1S/C13H20N2O2/c1-4-12(14)10-5-7-11(8-6-10)17-9-13(16)15(2)3/h5-8,12H,4,9,14H2,1-3H3. The van der Waals surface area contributed by atoms with Gasteiger partial charge in [0.1, 0.15) is 5.75 Å². The summed E-state index contributed by atoms with van der Waals surface area (Å²) in [4.78, 5) is 12.8. The number of likely N-dealkylation sites (N-methyl/N-ethyl adjacent to an activating group) is 1. The molecule has 0 aliphatic carbocycles. The Morgan fingerprint density at radius 2 is 1.94 bits per heavy atom.